The Hall–Kier alpha value is -1.82. The lowest BCUT2D eigenvalue weighted by atomic mass is 10.0. The normalized spacial score (nSPS) is 11.2. The van der Waals surface area contributed by atoms with Crippen LogP contribution in [0, 0.1) is 0 Å². The number of amides is 1. The summed E-state index contributed by atoms with van der Waals surface area (Å²) >= 11 is 5.88. The van der Waals surface area contributed by atoms with Gasteiger partial charge in [0, 0.05) is 25.2 Å². The summed E-state index contributed by atoms with van der Waals surface area (Å²) in [5.41, 5.74) is -1.35. The van der Waals surface area contributed by atoms with E-state index in [1.165, 1.54) is 22.9 Å². The van der Waals surface area contributed by atoms with Gasteiger partial charge in [0.2, 0.25) is 5.91 Å². The van der Waals surface area contributed by atoms with E-state index in [1.54, 1.807) is 13.8 Å². The summed E-state index contributed by atoms with van der Waals surface area (Å²) in [4.78, 5) is 34.5. The second kappa shape index (κ2) is 7.98. The SMILES string of the molecule is CC(C)(C(=O)NCCCCCC(=O)O)n1cc(Cl)ccc1=O. The molecule has 122 valence electrons. The average Bonchev–Trinajstić information content (AvgIpc) is 2.44. The van der Waals surface area contributed by atoms with Gasteiger partial charge in [0.1, 0.15) is 5.54 Å². The Morgan fingerprint density at radius 1 is 1.27 bits per heavy atom. The summed E-state index contributed by atoms with van der Waals surface area (Å²) in [7, 11) is 0. The molecule has 6 nitrogen and oxygen atoms in total. The highest BCUT2D eigenvalue weighted by Gasteiger charge is 2.30. The number of pyridine rings is 1. The van der Waals surface area contributed by atoms with Crippen molar-refractivity contribution in [1.29, 1.82) is 0 Å². The Bertz CT molecular complexity index is 595. The molecular weight excluding hydrogens is 308 g/mol. The number of halogens is 1. The number of nitrogens with zero attached hydrogens (tertiary/aromatic N) is 1. The minimum atomic E-state index is -1.05. The highest BCUT2D eigenvalue weighted by Crippen LogP contribution is 2.15. The molecule has 0 atom stereocenters. The van der Waals surface area contributed by atoms with Crippen LogP contribution in [0.5, 0.6) is 0 Å². The van der Waals surface area contributed by atoms with E-state index in [2.05, 4.69) is 5.32 Å². The second-order valence-electron chi connectivity index (χ2n) is 5.57. The summed E-state index contributed by atoms with van der Waals surface area (Å²) < 4.78 is 1.30. The molecule has 7 heteroatoms. The maximum atomic E-state index is 12.3. The van der Waals surface area contributed by atoms with Crippen molar-refractivity contribution < 1.29 is 14.7 Å². The first-order valence-corrected chi connectivity index (χ1v) is 7.51. The van der Waals surface area contributed by atoms with Crippen LogP contribution in [-0.4, -0.2) is 28.1 Å². The van der Waals surface area contributed by atoms with E-state index in [-0.39, 0.29) is 17.9 Å². The maximum absolute atomic E-state index is 12.3. The molecule has 2 N–H and O–H groups in total. The summed E-state index contributed by atoms with van der Waals surface area (Å²) in [5, 5.41) is 11.7. The molecule has 0 spiro atoms. The molecule has 22 heavy (non-hydrogen) atoms. The molecule has 0 unspecified atom stereocenters. The highest BCUT2D eigenvalue weighted by molar-refractivity contribution is 6.30. The third-order valence-corrected chi connectivity index (χ3v) is 3.61. The smallest absolute Gasteiger partial charge is 0.303 e. The molecule has 0 aliphatic heterocycles. The third kappa shape index (κ3) is 5.18. The standard InChI is InChI=1S/C15H21ClN2O4/c1-15(2,18-10-11(16)7-8-12(18)19)14(22)17-9-5-3-4-6-13(20)21/h7-8,10H,3-6,9H2,1-2H3,(H,17,22)(H,20,21). The number of carbonyl (C=O) groups is 2. The molecule has 0 radical (unpaired) electrons. The number of hydrogen-bond acceptors (Lipinski definition) is 3. The predicted molar refractivity (Wildman–Crippen MR) is 84.1 cm³/mol. The summed E-state index contributed by atoms with van der Waals surface area (Å²) in [5.74, 6) is -1.10. The molecule has 0 bridgehead atoms. The first-order chi connectivity index (χ1) is 10.2. The summed E-state index contributed by atoms with van der Waals surface area (Å²) in [6.45, 7) is 3.73. The first kappa shape index (κ1) is 18.2. The molecule has 1 rings (SSSR count). The van der Waals surface area contributed by atoms with Crippen molar-refractivity contribution in [2.24, 2.45) is 0 Å². The molecule has 0 aromatic carbocycles. The van der Waals surface area contributed by atoms with Crippen molar-refractivity contribution in [2.75, 3.05) is 6.54 Å². The van der Waals surface area contributed by atoms with E-state index >= 15 is 0 Å². The number of unbranched alkanes of at least 4 members (excludes halogenated alkanes) is 2. The Kier molecular flexibility index (Phi) is 6.61. The Morgan fingerprint density at radius 2 is 1.95 bits per heavy atom. The molecule has 0 saturated carbocycles. The fourth-order valence-corrected chi connectivity index (χ4v) is 2.16. The minimum absolute atomic E-state index is 0.136. The largest absolute Gasteiger partial charge is 0.481 e. The van der Waals surface area contributed by atoms with Crippen LogP contribution in [0.2, 0.25) is 5.02 Å². The maximum Gasteiger partial charge on any atom is 0.303 e. The van der Waals surface area contributed by atoms with Gasteiger partial charge < -0.3 is 10.4 Å². The summed E-state index contributed by atoms with van der Waals surface area (Å²) in [6.07, 6.45) is 3.58. The molecule has 0 saturated heterocycles. The van der Waals surface area contributed by atoms with Crippen molar-refractivity contribution in [2.45, 2.75) is 45.1 Å². The second-order valence-corrected chi connectivity index (χ2v) is 6.01. The molecule has 0 fully saturated rings. The number of aliphatic carboxylic acids is 1. The molecule has 0 aliphatic carbocycles. The lowest BCUT2D eigenvalue weighted by Crippen LogP contribution is -2.48. The van der Waals surface area contributed by atoms with Crippen LogP contribution in [0.15, 0.2) is 23.1 Å². The fourth-order valence-electron chi connectivity index (χ4n) is 2.00. The van der Waals surface area contributed by atoms with Gasteiger partial charge in [0.05, 0.1) is 5.02 Å². The quantitative estimate of drug-likeness (QED) is 0.714. The zero-order valence-electron chi connectivity index (χ0n) is 12.8. The lowest BCUT2D eigenvalue weighted by molar-refractivity contribution is -0.137. The number of hydrogen-bond donors (Lipinski definition) is 2. The highest BCUT2D eigenvalue weighted by atomic mass is 35.5. The van der Waals surface area contributed by atoms with Gasteiger partial charge in [-0.1, -0.05) is 18.0 Å². The van der Waals surface area contributed by atoms with Crippen LogP contribution in [0.1, 0.15) is 39.5 Å². The summed E-state index contributed by atoms with van der Waals surface area (Å²) in [6, 6.07) is 2.81. The van der Waals surface area contributed by atoms with Crippen molar-refractivity contribution in [1.82, 2.24) is 9.88 Å². The van der Waals surface area contributed by atoms with Gasteiger partial charge in [0.15, 0.2) is 0 Å². The Balaban J connectivity index is 2.55. The fraction of sp³-hybridized carbons (Fsp3) is 0.533. The Morgan fingerprint density at radius 3 is 2.59 bits per heavy atom. The minimum Gasteiger partial charge on any atom is -0.481 e. The van der Waals surface area contributed by atoms with Crippen molar-refractivity contribution in [3.8, 4) is 0 Å². The number of aromatic nitrogens is 1. The molecule has 1 aromatic rings. The third-order valence-electron chi connectivity index (χ3n) is 3.39. The monoisotopic (exact) mass is 328 g/mol. The van der Waals surface area contributed by atoms with E-state index in [9.17, 15) is 14.4 Å². The lowest BCUT2D eigenvalue weighted by Gasteiger charge is -2.26. The molecular formula is C15H21ClN2O4. The van der Waals surface area contributed by atoms with Crippen LogP contribution < -0.4 is 10.9 Å². The van der Waals surface area contributed by atoms with E-state index < -0.39 is 11.5 Å². The van der Waals surface area contributed by atoms with Gasteiger partial charge in [-0.25, -0.2) is 0 Å². The molecule has 1 heterocycles. The molecule has 1 amide bonds. The zero-order chi connectivity index (χ0) is 16.8. The topological polar surface area (TPSA) is 88.4 Å². The number of carboxylic acids is 1. The van der Waals surface area contributed by atoms with Gasteiger partial charge in [-0.3, -0.25) is 19.0 Å². The van der Waals surface area contributed by atoms with Crippen LogP contribution in [-0.2, 0) is 15.1 Å². The van der Waals surface area contributed by atoms with E-state index in [4.69, 9.17) is 16.7 Å². The molecule has 1 aromatic heterocycles. The van der Waals surface area contributed by atoms with Crippen molar-refractivity contribution >= 4 is 23.5 Å². The van der Waals surface area contributed by atoms with Gasteiger partial charge in [-0.15, -0.1) is 0 Å². The average molecular weight is 329 g/mol. The Labute approximate surface area is 134 Å². The zero-order valence-corrected chi connectivity index (χ0v) is 13.5. The van der Waals surface area contributed by atoms with Crippen LogP contribution in [0.4, 0.5) is 0 Å². The van der Waals surface area contributed by atoms with Crippen molar-refractivity contribution in [3.63, 3.8) is 0 Å². The van der Waals surface area contributed by atoms with Gasteiger partial charge in [0.25, 0.3) is 5.56 Å². The van der Waals surface area contributed by atoms with E-state index in [0.29, 0.717) is 24.4 Å². The van der Waals surface area contributed by atoms with Crippen LogP contribution >= 0.6 is 11.6 Å². The predicted octanol–water partition coefficient (Wildman–Crippen LogP) is 2.00. The van der Waals surface area contributed by atoms with Gasteiger partial charge >= 0.3 is 5.97 Å². The van der Waals surface area contributed by atoms with Crippen molar-refractivity contribution in [3.05, 3.63) is 33.7 Å². The number of carboxylic acid groups (broad SMARTS) is 1. The van der Waals surface area contributed by atoms with Crippen LogP contribution in [0.3, 0.4) is 0 Å². The van der Waals surface area contributed by atoms with E-state index in [0.717, 1.165) is 6.42 Å². The number of carbonyl (C=O) groups excluding carboxylic acids is 1. The first-order valence-electron chi connectivity index (χ1n) is 7.14. The van der Waals surface area contributed by atoms with Gasteiger partial charge in [-0.2, -0.15) is 0 Å². The number of nitrogens with one attached hydrogen (secondary N) is 1. The molecule has 0 aliphatic rings. The van der Waals surface area contributed by atoms with Gasteiger partial charge in [-0.05, 0) is 32.8 Å². The van der Waals surface area contributed by atoms with E-state index in [1.807, 2.05) is 0 Å². The van der Waals surface area contributed by atoms with Crippen LogP contribution in [0.25, 0.3) is 0 Å². The number of rotatable bonds is 8.